The van der Waals surface area contributed by atoms with Crippen molar-refractivity contribution in [1.82, 2.24) is 20.2 Å². The Kier molecular flexibility index (Phi) is 8.65. The number of hydrogen-bond donors (Lipinski definition) is 1. The summed E-state index contributed by atoms with van der Waals surface area (Å²) in [6.45, 7) is 0. The third kappa shape index (κ3) is 6.04. The maximum atomic E-state index is 12.6. The van der Waals surface area contributed by atoms with E-state index in [1.54, 1.807) is 31.4 Å². The lowest BCUT2D eigenvalue weighted by Gasteiger charge is -2.13. The molecule has 0 saturated carbocycles. The van der Waals surface area contributed by atoms with Gasteiger partial charge >= 0.3 is 0 Å². The average molecular weight is 538 g/mol. The lowest BCUT2D eigenvalue weighted by Crippen LogP contribution is -2.20. The van der Waals surface area contributed by atoms with Crippen LogP contribution in [-0.4, -0.2) is 54.0 Å². The maximum absolute atomic E-state index is 12.6. The molecule has 0 radical (unpaired) electrons. The highest BCUT2D eigenvalue weighted by Crippen LogP contribution is 2.39. The summed E-state index contributed by atoms with van der Waals surface area (Å²) in [6, 6.07) is 20.5. The highest BCUT2D eigenvalue weighted by Gasteiger charge is 2.18. The minimum atomic E-state index is -0.312. The van der Waals surface area contributed by atoms with E-state index < -0.39 is 0 Å². The van der Waals surface area contributed by atoms with Gasteiger partial charge in [-0.1, -0.05) is 53.7 Å². The van der Waals surface area contributed by atoms with Crippen LogP contribution in [0.2, 0.25) is 5.02 Å². The molecule has 1 amide bonds. The first-order chi connectivity index (χ1) is 18.0. The van der Waals surface area contributed by atoms with Gasteiger partial charge in [-0.2, -0.15) is 5.10 Å². The Bertz CT molecular complexity index is 1390. The van der Waals surface area contributed by atoms with Gasteiger partial charge in [0.2, 0.25) is 5.75 Å². The number of benzene rings is 3. The number of nitrogens with one attached hydrogen (secondary N) is 1. The number of hydrogen-bond acceptors (Lipinski definition) is 8. The van der Waals surface area contributed by atoms with Crippen LogP contribution in [-0.2, 0) is 4.79 Å². The third-order valence-corrected chi connectivity index (χ3v) is 6.39. The molecule has 1 heterocycles. The van der Waals surface area contributed by atoms with Gasteiger partial charge in [0.25, 0.3) is 5.91 Å². The normalized spacial score (nSPS) is 10.9. The second-order valence-corrected chi connectivity index (χ2v) is 8.87. The molecule has 190 valence electrons. The fourth-order valence-electron chi connectivity index (χ4n) is 3.52. The zero-order chi connectivity index (χ0) is 26.2. The number of carbonyl (C=O) groups excluding carboxylic acids is 1. The van der Waals surface area contributed by atoms with E-state index in [-0.39, 0.29) is 11.7 Å². The number of ether oxygens (including phenoxy) is 3. The van der Waals surface area contributed by atoms with Gasteiger partial charge < -0.3 is 14.2 Å². The molecule has 0 aliphatic carbocycles. The Morgan fingerprint density at radius 2 is 1.70 bits per heavy atom. The van der Waals surface area contributed by atoms with Crippen LogP contribution in [0.15, 0.2) is 77.0 Å². The molecule has 0 bridgehead atoms. The molecule has 11 heteroatoms. The van der Waals surface area contributed by atoms with Gasteiger partial charge in [-0.3, -0.25) is 9.36 Å². The largest absolute Gasteiger partial charge is 0.493 e. The van der Waals surface area contributed by atoms with Crippen LogP contribution in [0.5, 0.6) is 17.2 Å². The van der Waals surface area contributed by atoms with Crippen molar-refractivity contribution in [2.24, 2.45) is 5.10 Å². The Balaban J connectivity index is 1.49. The SMILES string of the molecule is COc1ccc(/C=N\NC(=O)CSc2nnc(-c3ccccc3)n2-c2ccc(Cl)cc2)c(OC)c1OC. The molecular formula is C26H24ClN5O4S. The van der Waals surface area contributed by atoms with E-state index in [0.29, 0.717) is 38.8 Å². The van der Waals surface area contributed by atoms with Crippen molar-refractivity contribution in [2.75, 3.05) is 27.1 Å². The van der Waals surface area contributed by atoms with Crippen LogP contribution >= 0.6 is 23.4 Å². The maximum Gasteiger partial charge on any atom is 0.250 e. The smallest absolute Gasteiger partial charge is 0.250 e. The van der Waals surface area contributed by atoms with E-state index in [1.807, 2.05) is 47.0 Å². The second-order valence-electron chi connectivity index (χ2n) is 7.49. The molecule has 0 fully saturated rings. The Labute approximate surface area is 223 Å². The number of thioether (sulfide) groups is 1. The number of rotatable bonds is 10. The van der Waals surface area contributed by atoms with E-state index in [2.05, 4.69) is 20.7 Å². The number of nitrogens with zero attached hydrogens (tertiary/aromatic N) is 4. The zero-order valence-corrected chi connectivity index (χ0v) is 21.9. The minimum absolute atomic E-state index is 0.0704. The summed E-state index contributed by atoms with van der Waals surface area (Å²) in [5, 5.41) is 14.0. The van der Waals surface area contributed by atoms with Crippen molar-refractivity contribution in [3.05, 3.63) is 77.3 Å². The molecule has 0 aliphatic rings. The first-order valence-corrected chi connectivity index (χ1v) is 12.4. The van der Waals surface area contributed by atoms with E-state index in [1.165, 1.54) is 32.2 Å². The number of halogens is 1. The molecule has 4 rings (SSSR count). The van der Waals surface area contributed by atoms with Crippen LogP contribution in [0.1, 0.15) is 5.56 Å². The molecule has 3 aromatic carbocycles. The summed E-state index contributed by atoms with van der Waals surface area (Å²) in [4.78, 5) is 12.6. The predicted molar refractivity (Wildman–Crippen MR) is 144 cm³/mol. The topological polar surface area (TPSA) is 99.9 Å². The molecule has 0 atom stereocenters. The molecule has 0 spiro atoms. The van der Waals surface area contributed by atoms with Crippen molar-refractivity contribution < 1.29 is 19.0 Å². The molecule has 1 aromatic heterocycles. The standard InChI is InChI=1S/C26H24ClN5O4S/c1-34-21-14-9-18(23(35-2)24(21)36-3)15-28-29-22(33)16-37-26-31-30-25(17-7-5-4-6-8-17)32(26)20-12-10-19(27)11-13-20/h4-15H,16H2,1-3H3,(H,29,33)/b28-15-. The fourth-order valence-corrected chi connectivity index (χ4v) is 4.39. The van der Waals surface area contributed by atoms with Gasteiger partial charge in [0.1, 0.15) is 0 Å². The molecule has 0 aliphatic heterocycles. The lowest BCUT2D eigenvalue weighted by molar-refractivity contribution is -0.118. The van der Waals surface area contributed by atoms with E-state index in [9.17, 15) is 4.79 Å². The summed E-state index contributed by atoms with van der Waals surface area (Å²) >= 11 is 7.33. The molecule has 0 saturated heterocycles. The summed E-state index contributed by atoms with van der Waals surface area (Å²) < 4.78 is 18.0. The Hall–Kier alpha value is -4.02. The number of methoxy groups -OCH3 is 3. The van der Waals surface area contributed by atoms with Gasteiger partial charge in [-0.25, -0.2) is 5.43 Å². The highest BCUT2D eigenvalue weighted by atomic mass is 35.5. The van der Waals surface area contributed by atoms with Gasteiger partial charge in [0.15, 0.2) is 22.5 Å². The van der Waals surface area contributed by atoms with Crippen LogP contribution in [0.4, 0.5) is 0 Å². The first kappa shape index (κ1) is 26.1. The molecular weight excluding hydrogens is 514 g/mol. The minimum Gasteiger partial charge on any atom is -0.493 e. The average Bonchev–Trinajstić information content (AvgIpc) is 3.36. The summed E-state index contributed by atoms with van der Waals surface area (Å²) in [7, 11) is 4.58. The van der Waals surface area contributed by atoms with E-state index >= 15 is 0 Å². The van der Waals surface area contributed by atoms with Crippen molar-refractivity contribution >= 4 is 35.5 Å². The fraction of sp³-hybridized carbons (Fsp3) is 0.154. The van der Waals surface area contributed by atoms with Gasteiger partial charge in [-0.15, -0.1) is 10.2 Å². The van der Waals surface area contributed by atoms with Gasteiger partial charge in [-0.05, 0) is 36.4 Å². The van der Waals surface area contributed by atoms with Crippen molar-refractivity contribution in [1.29, 1.82) is 0 Å². The van der Waals surface area contributed by atoms with Crippen molar-refractivity contribution in [3.8, 4) is 34.3 Å². The van der Waals surface area contributed by atoms with Crippen LogP contribution in [0.3, 0.4) is 0 Å². The molecule has 0 unspecified atom stereocenters. The highest BCUT2D eigenvalue weighted by molar-refractivity contribution is 7.99. The van der Waals surface area contributed by atoms with Crippen molar-refractivity contribution in [2.45, 2.75) is 5.16 Å². The monoisotopic (exact) mass is 537 g/mol. The molecule has 1 N–H and O–H groups in total. The Morgan fingerprint density at radius 1 is 0.973 bits per heavy atom. The van der Waals surface area contributed by atoms with E-state index in [4.69, 9.17) is 25.8 Å². The zero-order valence-electron chi connectivity index (χ0n) is 20.3. The second kappa shape index (κ2) is 12.3. The predicted octanol–water partition coefficient (Wildman–Crippen LogP) is 4.86. The van der Waals surface area contributed by atoms with E-state index in [0.717, 1.165) is 11.3 Å². The first-order valence-electron chi connectivity index (χ1n) is 11.1. The van der Waals surface area contributed by atoms with Crippen LogP contribution in [0.25, 0.3) is 17.1 Å². The quantitative estimate of drug-likeness (QED) is 0.175. The van der Waals surface area contributed by atoms with Crippen LogP contribution in [0, 0.1) is 0 Å². The number of amides is 1. The lowest BCUT2D eigenvalue weighted by atomic mass is 10.2. The number of aromatic nitrogens is 3. The Morgan fingerprint density at radius 3 is 2.38 bits per heavy atom. The van der Waals surface area contributed by atoms with Gasteiger partial charge in [0, 0.05) is 21.8 Å². The molecule has 9 nitrogen and oxygen atoms in total. The number of carbonyl (C=O) groups is 1. The number of hydrazone groups is 1. The van der Waals surface area contributed by atoms with Crippen molar-refractivity contribution in [3.63, 3.8) is 0 Å². The van der Waals surface area contributed by atoms with Crippen LogP contribution < -0.4 is 19.6 Å². The summed E-state index contributed by atoms with van der Waals surface area (Å²) in [5.41, 5.74) is 4.87. The molecule has 4 aromatic rings. The molecule has 37 heavy (non-hydrogen) atoms. The summed E-state index contributed by atoms with van der Waals surface area (Å²) in [6.07, 6.45) is 1.48. The summed E-state index contributed by atoms with van der Waals surface area (Å²) in [5.74, 6) is 1.82. The van der Waals surface area contributed by atoms with Gasteiger partial charge in [0.05, 0.1) is 33.3 Å². The third-order valence-electron chi connectivity index (χ3n) is 5.21.